The number of nitrogens with one attached hydrogen (secondary N) is 2. The van der Waals surface area contributed by atoms with Crippen molar-refractivity contribution in [2.45, 2.75) is 50.7 Å². The van der Waals surface area contributed by atoms with E-state index in [4.69, 9.17) is 0 Å². The number of urea groups is 1. The minimum atomic E-state index is -0.714. The SMILES string of the molecule is CCNCC(O)CN1C(=O)NC2(CCCCC2)C1=O. The largest absolute Gasteiger partial charge is 0.390 e. The first-order valence-corrected chi connectivity index (χ1v) is 7.12. The van der Waals surface area contributed by atoms with Crippen molar-refractivity contribution >= 4 is 11.9 Å². The molecule has 1 atom stereocenters. The molecule has 1 heterocycles. The molecule has 6 heteroatoms. The molecule has 0 aromatic heterocycles. The van der Waals surface area contributed by atoms with E-state index >= 15 is 0 Å². The van der Waals surface area contributed by atoms with E-state index in [0.717, 1.165) is 38.6 Å². The average molecular weight is 269 g/mol. The second-order valence-electron chi connectivity index (χ2n) is 5.45. The third kappa shape index (κ3) is 2.90. The van der Waals surface area contributed by atoms with Gasteiger partial charge in [-0.2, -0.15) is 0 Å². The van der Waals surface area contributed by atoms with Crippen molar-refractivity contribution < 1.29 is 14.7 Å². The van der Waals surface area contributed by atoms with Crippen molar-refractivity contribution in [1.29, 1.82) is 0 Å². The molecule has 0 aromatic rings. The summed E-state index contributed by atoms with van der Waals surface area (Å²) >= 11 is 0. The Morgan fingerprint density at radius 3 is 2.68 bits per heavy atom. The van der Waals surface area contributed by atoms with Crippen molar-refractivity contribution in [3.63, 3.8) is 0 Å². The van der Waals surface area contributed by atoms with E-state index in [1.54, 1.807) is 0 Å². The number of rotatable bonds is 5. The van der Waals surface area contributed by atoms with E-state index in [2.05, 4.69) is 10.6 Å². The Morgan fingerprint density at radius 1 is 1.37 bits per heavy atom. The predicted octanol–water partition coefficient (Wildman–Crippen LogP) is 0.212. The zero-order valence-corrected chi connectivity index (χ0v) is 11.4. The van der Waals surface area contributed by atoms with Gasteiger partial charge in [0.05, 0.1) is 12.6 Å². The Balaban J connectivity index is 1.98. The molecule has 2 rings (SSSR count). The maximum atomic E-state index is 12.4. The van der Waals surface area contributed by atoms with Crippen molar-refractivity contribution in [2.75, 3.05) is 19.6 Å². The highest BCUT2D eigenvalue weighted by Gasteiger charge is 2.51. The van der Waals surface area contributed by atoms with Gasteiger partial charge in [-0.1, -0.05) is 26.2 Å². The van der Waals surface area contributed by atoms with Gasteiger partial charge in [-0.15, -0.1) is 0 Å². The van der Waals surface area contributed by atoms with Crippen LogP contribution in [-0.2, 0) is 4.79 Å². The summed E-state index contributed by atoms with van der Waals surface area (Å²) in [7, 11) is 0. The number of carbonyl (C=O) groups is 2. The molecule has 1 spiro atoms. The first-order chi connectivity index (χ1) is 9.09. The van der Waals surface area contributed by atoms with Crippen molar-refractivity contribution in [1.82, 2.24) is 15.5 Å². The molecule has 1 saturated heterocycles. The Kier molecular flexibility index (Phi) is 4.42. The van der Waals surface area contributed by atoms with Crippen LogP contribution < -0.4 is 10.6 Å². The normalized spacial score (nSPS) is 23.8. The number of likely N-dealkylation sites (N-methyl/N-ethyl adjacent to an activating group) is 1. The second kappa shape index (κ2) is 5.88. The molecule has 0 bridgehead atoms. The number of imide groups is 1. The Morgan fingerprint density at radius 2 is 2.05 bits per heavy atom. The fourth-order valence-electron chi connectivity index (χ4n) is 2.92. The molecule has 1 aliphatic heterocycles. The fraction of sp³-hybridized carbons (Fsp3) is 0.846. The van der Waals surface area contributed by atoms with Gasteiger partial charge in [-0.25, -0.2) is 4.79 Å². The fourth-order valence-corrected chi connectivity index (χ4v) is 2.92. The first-order valence-electron chi connectivity index (χ1n) is 7.12. The van der Waals surface area contributed by atoms with Gasteiger partial charge in [0, 0.05) is 6.54 Å². The van der Waals surface area contributed by atoms with Crippen LogP contribution in [0.3, 0.4) is 0 Å². The number of carbonyl (C=O) groups excluding carboxylic acids is 2. The van der Waals surface area contributed by atoms with E-state index in [-0.39, 0.29) is 18.5 Å². The highest BCUT2D eigenvalue weighted by atomic mass is 16.3. The highest BCUT2D eigenvalue weighted by Crippen LogP contribution is 2.33. The van der Waals surface area contributed by atoms with Crippen LogP contribution in [0.1, 0.15) is 39.0 Å². The number of β-amino-alcohol motifs (C(OH)–C–C–N with tert-alkyl or cyclic N) is 1. The van der Waals surface area contributed by atoms with Crippen LogP contribution >= 0.6 is 0 Å². The lowest BCUT2D eigenvalue weighted by Gasteiger charge is -2.30. The van der Waals surface area contributed by atoms with E-state index < -0.39 is 11.6 Å². The lowest BCUT2D eigenvalue weighted by molar-refractivity contribution is -0.133. The quantitative estimate of drug-likeness (QED) is 0.623. The minimum Gasteiger partial charge on any atom is -0.390 e. The third-order valence-corrected chi connectivity index (χ3v) is 3.98. The van der Waals surface area contributed by atoms with E-state index in [1.165, 1.54) is 4.90 Å². The van der Waals surface area contributed by atoms with Crippen LogP contribution in [0.15, 0.2) is 0 Å². The molecule has 0 radical (unpaired) electrons. The summed E-state index contributed by atoms with van der Waals surface area (Å²) in [4.78, 5) is 25.5. The molecule has 1 aliphatic carbocycles. The number of aliphatic hydroxyl groups excluding tert-OH is 1. The molecule has 1 unspecified atom stereocenters. The molecule has 2 fully saturated rings. The molecule has 2 aliphatic rings. The van der Waals surface area contributed by atoms with Gasteiger partial charge in [0.25, 0.3) is 5.91 Å². The Hall–Kier alpha value is -1.14. The topological polar surface area (TPSA) is 81.7 Å². The maximum absolute atomic E-state index is 12.4. The smallest absolute Gasteiger partial charge is 0.325 e. The number of amides is 3. The van der Waals surface area contributed by atoms with Gasteiger partial charge >= 0.3 is 6.03 Å². The second-order valence-corrected chi connectivity index (χ2v) is 5.45. The summed E-state index contributed by atoms with van der Waals surface area (Å²) in [6, 6.07) is -0.359. The highest BCUT2D eigenvalue weighted by molar-refractivity contribution is 6.07. The van der Waals surface area contributed by atoms with Crippen LogP contribution in [0.25, 0.3) is 0 Å². The average Bonchev–Trinajstić information content (AvgIpc) is 2.62. The molecule has 108 valence electrons. The molecule has 1 saturated carbocycles. The Labute approximate surface area is 113 Å². The lowest BCUT2D eigenvalue weighted by atomic mass is 9.82. The minimum absolute atomic E-state index is 0.0689. The zero-order chi connectivity index (χ0) is 13.9. The van der Waals surface area contributed by atoms with Gasteiger partial charge in [0.15, 0.2) is 0 Å². The lowest BCUT2D eigenvalue weighted by Crippen LogP contribution is -2.49. The van der Waals surface area contributed by atoms with Crippen molar-refractivity contribution in [3.05, 3.63) is 0 Å². The van der Waals surface area contributed by atoms with E-state index in [9.17, 15) is 14.7 Å². The molecule has 19 heavy (non-hydrogen) atoms. The van der Waals surface area contributed by atoms with Gasteiger partial charge in [-0.3, -0.25) is 9.69 Å². The maximum Gasteiger partial charge on any atom is 0.325 e. The van der Waals surface area contributed by atoms with Gasteiger partial charge < -0.3 is 15.7 Å². The summed E-state index contributed by atoms with van der Waals surface area (Å²) in [5, 5.41) is 15.7. The molecule has 6 nitrogen and oxygen atoms in total. The van der Waals surface area contributed by atoms with Gasteiger partial charge in [-0.05, 0) is 19.4 Å². The summed E-state index contributed by atoms with van der Waals surface area (Å²) in [5.41, 5.74) is -0.687. The summed E-state index contributed by atoms with van der Waals surface area (Å²) < 4.78 is 0. The summed E-state index contributed by atoms with van der Waals surface area (Å²) in [6.45, 7) is 3.15. The Bertz CT molecular complexity index is 353. The van der Waals surface area contributed by atoms with Gasteiger partial charge in [0.1, 0.15) is 5.54 Å². The van der Waals surface area contributed by atoms with E-state index in [1.807, 2.05) is 6.92 Å². The van der Waals surface area contributed by atoms with Crippen LogP contribution in [-0.4, -0.2) is 53.2 Å². The predicted molar refractivity (Wildman–Crippen MR) is 70.6 cm³/mol. The summed E-state index contributed by atoms with van der Waals surface area (Å²) in [6.07, 6.45) is 3.79. The van der Waals surface area contributed by atoms with Gasteiger partial charge in [0.2, 0.25) is 0 Å². The van der Waals surface area contributed by atoms with E-state index in [0.29, 0.717) is 6.54 Å². The van der Waals surface area contributed by atoms with Crippen LogP contribution in [0.4, 0.5) is 4.79 Å². The number of aliphatic hydroxyl groups is 1. The standard InChI is InChI=1S/C13H23N3O3/c1-2-14-8-10(17)9-16-11(18)13(15-12(16)19)6-4-3-5-7-13/h10,14,17H,2-9H2,1H3,(H,15,19). The third-order valence-electron chi connectivity index (χ3n) is 3.98. The number of nitrogens with zero attached hydrogens (tertiary/aromatic N) is 1. The van der Waals surface area contributed by atoms with Crippen molar-refractivity contribution in [3.8, 4) is 0 Å². The van der Waals surface area contributed by atoms with Crippen LogP contribution in [0.2, 0.25) is 0 Å². The zero-order valence-electron chi connectivity index (χ0n) is 11.4. The van der Waals surface area contributed by atoms with Crippen LogP contribution in [0, 0.1) is 0 Å². The molecule has 0 aromatic carbocycles. The molecule has 3 amide bonds. The van der Waals surface area contributed by atoms with Crippen LogP contribution in [0.5, 0.6) is 0 Å². The molecular formula is C13H23N3O3. The monoisotopic (exact) mass is 269 g/mol. The molecule has 3 N–H and O–H groups in total. The number of hydrogen-bond donors (Lipinski definition) is 3. The first kappa shape index (κ1) is 14.3. The number of hydrogen-bond acceptors (Lipinski definition) is 4. The van der Waals surface area contributed by atoms with Crippen molar-refractivity contribution in [2.24, 2.45) is 0 Å². The molecular weight excluding hydrogens is 246 g/mol. The summed E-state index contributed by atoms with van der Waals surface area (Å²) in [5.74, 6) is -0.159.